The van der Waals surface area contributed by atoms with Gasteiger partial charge in [0.25, 0.3) is 0 Å². The van der Waals surface area contributed by atoms with E-state index in [0.717, 1.165) is 31.7 Å². The van der Waals surface area contributed by atoms with E-state index in [9.17, 15) is 0 Å². The molecule has 0 bridgehead atoms. The lowest BCUT2D eigenvalue weighted by atomic mass is 9.83. The molecule has 0 amide bonds. The highest BCUT2D eigenvalue weighted by molar-refractivity contribution is 4.91. The predicted octanol–water partition coefficient (Wildman–Crippen LogP) is 2.51. The van der Waals surface area contributed by atoms with Gasteiger partial charge in [-0.2, -0.15) is 0 Å². The van der Waals surface area contributed by atoms with Gasteiger partial charge in [-0.05, 0) is 38.6 Å². The number of piperidine rings is 1. The van der Waals surface area contributed by atoms with Crippen LogP contribution < -0.4 is 5.32 Å². The van der Waals surface area contributed by atoms with Crippen molar-refractivity contribution in [3.63, 3.8) is 0 Å². The molecule has 1 N–H and O–H groups in total. The van der Waals surface area contributed by atoms with Crippen LogP contribution >= 0.6 is 0 Å². The van der Waals surface area contributed by atoms with Crippen LogP contribution in [0.5, 0.6) is 0 Å². The molecule has 0 aromatic heterocycles. The lowest BCUT2D eigenvalue weighted by Gasteiger charge is -2.43. The first-order chi connectivity index (χ1) is 9.02. The molecule has 0 aromatic carbocycles. The zero-order valence-electron chi connectivity index (χ0n) is 13.2. The van der Waals surface area contributed by atoms with Gasteiger partial charge in [0.2, 0.25) is 0 Å². The van der Waals surface area contributed by atoms with Gasteiger partial charge in [-0.25, -0.2) is 0 Å². The highest BCUT2D eigenvalue weighted by Gasteiger charge is 2.38. The molecule has 2 aliphatic heterocycles. The summed E-state index contributed by atoms with van der Waals surface area (Å²) in [6, 6.07) is 1.29. The molecule has 2 aliphatic rings. The second kappa shape index (κ2) is 6.55. The fraction of sp³-hybridized carbons (Fsp3) is 1.00. The largest absolute Gasteiger partial charge is 0.381 e. The van der Waals surface area contributed by atoms with Crippen LogP contribution in [0.15, 0.2) is 0 Å². The van der Waals surface area contributed by atoms with Gasteiger partial charge in [0, 0.05) is 37.2 Å². The van der Waals surface area contributed by atoms with E-state index in [0.29, 0.717) is 11.5 Å². The highest BCUT2D eigenvalue weighted by atomic mass is 16.5. The van der Waals surface area contributed by atoms with Crippen LogP contribution in [0.4, 0.5) is 0 Å². The Hall–Kier alpha value is -0.120. The summed E-state index contributed by atoms with van der Waals surface area (Å²) >= 11 is 0. The van der Waals surface area contributed by atoms with Gasteiger partial charge in [0.1, 0.15) is 0 Å². The maximum atomic E-state index is 5.73. The Bertz CT molecular complexity index is 274. The molecule has 3 nitrogen and oxygen atoms in total. The van der Waals surface area contributed by atoms with E-state index in [2.05, 4.69) is 37.9 Å². The molecule has 2 saturated heterocycles. The van der Waals surface area contributed by atoms with Crippen LogP contribution in [-0.2, 0) is 4.74 Å². The Labute approximate surface area is 119 Å². The molecule has 19 heavy (non-hydrogen) atoms. The van der Waals surface area contributed by atoms with Crippen molar-refractivity contribution in [2.24, 2.45) is 11.3 Å². The molecular formula is C16H32N2O. The van der Waals surface area contributed by atoms with Crippen molar-refractivity contribution in [2.45, 2.75) is 59.0 Å². The van der Waals surface area contributed by atoms with E-state index < -0.39 is 0 Å². The number of hydrogen-bond acceptors (Lipinski definition) is 3. The number of nitrogens with one attached hydrogen (secondary N) is 1. The fourth-order valence-electron chi connectivity index (χ4n) is 3.47. The van der Waals surface area contributed by atoms with E-state index in [1.807, 2.05) is 0 Å². The third-order valence-corrected chi connectivity index (χ3v) is 5.11. The van der Waals surface area contributed by atoms with Crippen LogP contribution in [0.1, 0.15) is 47.0 Å². The van der Waals surface area contributed by atoms with Gasteiger partial charge in [-0.3, -0.25) is 4.90 Å². The summed E-state index contributed by atoms with van der Waals surface area (Å²) in [6.45, 7) is 14.7. The minimum Gasteiger partial charge on any atom is -0.381 e. The second-order valence-electron chi connectivity index (χ2n) is 7.17. The van der Waals surface area contributed by atoms with Gasteiger partial charge in [0.05, 0.1) is 6.61 Å². The van der Waals surface area contributed by atoms with Crippen LogP contribution in [0.25, 0.3) is 0 Å². The predicted molar refractivity (Wildman–Crippen MR) is 80.4 cm³/mol. The topological polar surface area (TPSA) is 24.5 Å². The molecule has 2 rings (SSSR count). The summed E-state index contributed by atoms with van der Waals surface area (Å²) in [5.74, 6) is 0.839. The number of hydrogen-bond donors (Lipinski definition) is 1. The smallest absolute Gasteiger partial charge is 0.0547 e. The van der Waals surface area contributed by atoms with E-state index >= 15 is 0 Å². The molecular weight excluding hydrogens is 236 g/mol. The molecule has 0 spiro atoms. The quantitative estimate of drug-likeness (QED) is 0.829. The SMILES string of the molecule is CC(C)NCC1(CN2CCCC(C)C2C)CCOC1. The van der Waals surface area contributed by atoms with Gasteiger partial charge >= 0.3 is 0 Å². The molecule has 3 unspecified atom stereocenters. The molecule has 112 valence electrons. The average molecular weight is 268 g/mol. The van der Waals surface area contributed by atoms with Crippen LogP contribution in [0.2, 0.25) is 0 Å². The zero-order chi connectivity index (χ0) is 13.9. The highest BCUT2D eigenvalue weighted by Crippen LogP contribution is 2.33. The molecule has 0 saturated carbocycles. The number of rotatable bonds is 5. The zero-order valence-corrected chi connectivity index (χ0v) is 13.2. The summed E-state index contributed by atoms with van der Waals surface area (Å²) in [5.41, 5.74) is 0.343. The molecule has 3 heteroatoms. The Morgan fingerprint density at radius 3 is 2.79 bits per heavy atom. The summed E-state index contributed by atoms with van der Waals surface area (Å²) in [4.78, 5) is 2.71. The minimum absolute atomic E-state index is 0.343. The Balaban J connectivity index is 1.95. The van der Waals surface area contributed by atoms with Crippen LogP contribution in [-0.4, -0.2) is 49.8 Å². The Morgan fingerprint density at radius 1 is 1.37 bits per heavy atom. The van der Waals surface area contributed by atoms with Crippen molar-refractivity contribution in [1.29, 1.82) is 0 Å². The first-order valence-electron chi connectivity index (χ1n) is 8.08. The lowest BCUT2D eigenvalue weighted by molar-refractivity contribution is 0.0490. The summed E-state index contributed by atoms with van der Waals surface area (Å²) < 4.78 is 5.73. The van der Waals surface area contributed by atoms with Crippen LogP contribution in [0, 0.1) is 11.3 Å². The van der Waals surface area contributed by atoms with Crippen molar-refractivity contribution in [1.82, 2.24) is 10.2 Å². The number of nitrogens with zero attached hydrogens (tertiary/aromatic N) is 1. The van der Waals surface area contributed by atoms with Crippen molar-refractivity contribution < 1.29 is 4.74 Å². The van der Waals surface area contributed by atoms with Gasteiger partial charge in [0.15, 0.2) is 0 Å². The first-order valence-corrected chi connectivity index (χ1v) is 8.08. The van der Waals surface area contributed by atoms with Gasteiger partial charge in [-0.15, -0.1) is 0 Å². The fourth-order valence-corrected chi connectivity index (χ4v) is 3.47. The molecule has 2 fully saturated rings. The monoisotopic (exact) mass is 268 g/mol. The third-order valence-electron chi connectivity index (χ3n) is 5.11. The summed E-state index contributed by atoms with van der Waals surface area (Å²) in [6.07, 6.45) is 3.97. The first kappa shape index (κ1) is 15.3. The lowest BCUT2D eigenvalue weighted by Crippen LogP contribution is -2.51. The van der Waals surface area contributed by atoms with E-state index in [1.165, 1.54) is 32.4 Å². The Morgan fingerprint density at radius 2 is 2.16 bits per heavy atom. The van der Waals surface area contributed by atoms with Gasteiger partial charge < -0.3 is 10.1 Å². The van der Waals surface area contributed by atoms with Crippen molar-refractivity contribution in [2.75, 3.05) is 32.8 Å². The second-order valence-corrected chi connectivity index (χ2v) is 7.17. The Kier molecular flexibility index (Phi) is 5.27. The average Bonchev–Trinajstić information content (AvgIpc) is 2.82. The molecule has 0 aromatic rings. The minimum atomic E-state index is 0.343. The van der Waals surface area contributed by atoms with Crippen molar-refractivity contribution >= 4 is 0 Å². The number of ether oxygens (including phenoxy) is 1. The maximum absolute atomic E-state index is 5.73. The summed E-state index contributed by atoms with van der Waals surface area (Å²) in [7, 11) is 0. The normalized spacial score (nSPS) is 37.1. The number of likely N-dealkylation sites (tertiary alicyclic amines) is 1. The molecule has 0 aliphatic carbocycles. The third kappa shape index (κ3) is 3.93. The molecule has 3 atom stereocenters. The molecule has 2 heterocycles. The van der Waals surface area contributed by atoms with Crippen LogP contribution in [0.3, 0.4) is 0 Å². The summed E-state index contributed by atoms with van der Waals surface area (Å²) in [5, 5.41) is 3.64. The van der Waals surface area contributed by atoms with E-state index in [1.54, 1.807) is 0 Å². The van der Waals surface area contributed by atoms with Crippen molar-refractivity contribution in [3.05, 3.63) is 0 Å². The maximum Gasteiger partial charge on any atom is 0.0547 e. The standard InChI is InChI=1S/C16H32N2O/c1-13(2)17-10-16(7-9-19-12-16)11-18-8-5-6-14(3)15(18)4/h13-15,17H,5-12H2,1-4H3. The van der Waals surface area contributed by atoms with E-state index in [4.69, 9.17) is 4.74 Å². The van der Waals surface area contributed by atoms with E-state index in [-0.39, 0.29) is 0 Å². The molecule has 0 radical (unpaired) electrons. The van der Waals surface area contributed by atoms with Gasteiger partial charge in [-0.1, -0.05) is 20.8 Å². The van der Waals surface area contributed by atoms with Crippen molar-refractivity contribution in [3.8, 4) is 0 Å².